The lowest BCUT2D eigenvalue weighted by molar-refractivity contribution is 0.116. The van der Waals surface area contributed by atoms with E-state index in [4.69, 9.17) is 4.74 Å². The first-order chi connectivity index (χ1) is 7.29. The van der Waals surface area contributed by atoms with Crippen LogP contribution in [-0.4, -0.2) is 51.3 Å². The minimum absolute atomic E-state index is 0.760. The molecule has 0 saturated heterocycles. The van der Waals surface area contributed by atoms with E-state index < -0.39 is 0 Å². The topological polar surface area (TPSA) is 24.5 Å². The lowest BCUT2D eigenvalue weighted by Gasteiger charge is -2.22. The number of ether oxygens (including phenoxy) is 1. The Bertz CT molecular complexity index is 145. The molecule has 0 atom stereocenters. The molecule has 1 aliphatic rings. The number of nitrogens with zero attached hydrogens (tertiary/aromatic N) is 1. The minimum atomic E-state index is 0.760. The molecule has 3 heteroatoms. The van der Waals surface area contributed by atoms with Gasteiger partial charge < -0.3 is 15.0 Å². The highest BCUT2D eigenvalue weighted by Gasteiger charge is 2.11. The van der Waals surface area contributed by atoms with Crippen LogP contribution in [0.3, 0.4) is 0 Å². The number of rotatable bonds is 7. The maximum absolute atomic E-state index is 5.53. The Balaban J connectivity index is 1.83. The summed E-state index contributed by atoms with van der Waals surface area (Å²) >= 11 is 0. The molecule has 0 unspecified atom stereocenters. The Hall–Kier alpha value is -0.120. The number of hydrogen-bond acceptors (Lipinski definition) is 3. The van der Waals surface area contributed by atoms with Gasteiger partial charge in [0.25, 0.3) is 0 Å². The monoisotopic (exact) mass is 214 g/mol. The van der Waals surface area contributed by atoms with E-state index in [9.17, 15) is 0 Å². The first kappa shape index (κ1) is 12.9. The van der Waals surface area contributed by atoms with Crippen LogP contribution in [0.25, 0.3) is 0 Å². The largest absolute Gasteiger partial charge is 0.379 e. The van der Waals surface area contributed by atoms with Gasteiger partial charge in [-0.1, -0.05) is 19.3 Å². The SMILES string of the molecule is CN(C)CCOCCNC1CCCCC1. The van der Waals surface area contributed by atoms with Crippen LogP contribution in [0.15, 0.2) is 0 Å². The Kier molecular flexibility index (Phi) is 6.98. The molecule has 0 radical (unpaired) electrons. The molecular weight excluding hydrogens is 188 g/mol. The predicted molar refractivity (Wildman–Crippen MR) is 64.2 cm³/mol. The standard InChI is InChI=1S/C12H26N2O/c1-14(2)9-11-15-10-8-13-12-6-4-3-5-7-12/h12-13H,3-11H2,1-2H3. The van der Waals surface area contributed by atoms with Crippen LogP contribution in [-0.2, 0) is 4.74 Å². The van der Waals surface area contributed by atoms with E-state index >= 15 is 0 Å². The molecule has 0 aromatic carbocycles. The average molecular weight is 214 g/mol. The molecule has 0 aromatic heterocycles. The van der Waals surface area contributed by atoms with Gasteiger partial charge in [-0.25, -0.2) is 0 Å². The molecule has 0 heterocycles. The van der Waals surface area contributed by atoms with Crippen LogP contribution in [0.5, 0.6) is 0 Å². The zero-order valence-electron chi connectivity index (χ0n) is 10.3. The highest BCUT2D eigenvalue weighted by atomic mass is 16.5. The molecule has 1 N–H and O–H groups in total. The van der Waals surface area contributed by atoms with Gasteiger partial charge in [0, 0.05) is 19.1 Å². The molecule has 0 spiro atoms. The summed E-state index contributed by atoms with van der Waals surface area (Å²) < 4.78 is 5.53. The molecule has 0 amide bonds. The van der Waals surface area contributed by atoms with Gasteiger partial charge in [0.2, 0.25) is 0 Å². The van der Waals surface area contributed by atoms with Crippen molar-refractivity contribution in [3.05, 3.63) is 0 Å². The Morgan fingerprint density at radius 2 is 1.87 bits per heavy atom. The highest BCUT2D eigenvalue weighted by molar-refractivity contribution is 4.71. The van der Waals surface area contributed by atoms with Gasteiger partial charge in [0.05, 0.1) is 13.2 Å². The molecule has 0 aliphatic heterocycles. The molecule has 15 heavy (non-hydrogen) atoms. The van der Waals surface area contributed by atoms with E-state index in [1.165, 1.54) is 32.1 Å². The van der Waals surface area contributed by atoms with Crippen LogP contribution in [0.4, 0.5) is 0 Å². The summed E-state index contributed by atoms with van der Waals surface area (Å²) in [5.41, 5.74) is 0. The van der Waals surface area contributed by atoms with Crippen LogP contribution >= 0.6 is 0 Å². The summed E-state index contributed by atoms with van der Waals surface area (Å²) in [6.45, 7) is 3.73. The van der Waals surface area contributed by atoms with Crippen molar-refractivity contribution in [3.63, 3.8) is 0 Å². The Labute approximate surface area is 94.2 Å². The van der Waals surface area contributed by atoms with E-state index in [-0.39, 0.29) is 0 Å². The number of hydrogen-bond donors (Lipinski definition) is 1. The minimum Gasteiger partial charge on any atom is -0.379 e. The van der Waals surface area contributed by atoms with Crippen molar-refractivity contribution in [1.82, 2.24) is 10.2 Å². The molecule has 1 fully saturated rings. The fourth-order valence-electron chi connectivity index (χ4n) is 1.99. The van der Waals surface area contributed by atoms with E-state index in [1.54, 1.807) is 0 Å². The second-order valence-electron chi connectivity index (χ2n) is 4.70. The zero-order valence-corrected chi connectivity index (χ0v) is 10.3. The summed E-state index contributed by atoms with van der Waals surface area (Å²) in [5, 5.41) is 3.57. The van der Waals surface area contributed by atoms with E-state index in [2.05, 4.69) is 24.3 Å². The summed E-state index contributed by atoms with van der Waals surface area (Å²) in [5.74, 6) is 0. The van der Waals surface area contributed by atoms with Crippen LogP contribution in [0, 0.1) is 0 Å². The lowest BCUT2D eigenvalue weighted by Crippen LogP contribution is -2.33. The van der Waals surface area contributed by atoms with Gasteiger partial charge >= 0.3 is 0 Å². The van der Waals surface area contributed by atoms with Crippen molar-refractivity contribution in [2.75, 3.05) is 40.4 Å². The fourth-order valence-corrected chi connectivity index (χ4v) is 1.99. The summed E-state index contributed by atoms with van der Waals surface area (Å²) in [6, 6.07) is 0.760. The van der Waals surface area contributed by atoms with E-state index in [0.29, 0.717) is 0 Å². The summed E-state index contributed by atoms with van der Waals surface area (Å²) in [6.07, 6.45) is 6.95. The summed E-state index contributed by atoms with van der Waals surface area (Å²) in [4.78, 5) is 2.15. The summed E-state index contributed by atoms with van der Waals surface area (Å²) in [7, 11) is 4.15. The molecule has 1 aliphatic carbocycles. The first-order valence-electron chi connectivity index (χ1n) is 6.25. The van der Waals surface area contributed by atoms with Gasteiger partial charge in [-0.2, -0.15) is 0 Å². The van der Waals surface area contributed by atoms with Crippen molar-refractivity contribution < 1.29 is 4.74 Å². The number of nitrogens with one attached hydrogen (secondary N) is 1. The molecule has 0 bridgehead atoms. The van der Waals surface area contributed by atoms with Crippen LogP contribution in [0.2, 0.25) is 0 Å². The molecule has 3 nitrogen and oxygen atoms in total. The Morgan fingerprint density at radius 1 is 1.13 bits per heavy atom. The van der Waals surface area contributed by atoms with Gasteiger partial charge in [-0.15, -0.1) is 0 Å². The maximum atomic E-state index is 5.53. The van der Waals surface area contributed by atoms with Crippen molar-refractivity contribution in [1.29, 1.82) is 0 Å². The lowest BCUT2D eigenvalue weighted by atomic mass is 9.96. The molecular formula is C12H26N2O. The Morgan fingerprint density at radius 3 is 2.53 bits per heavy atom. The highest BCUT2D eigenvalue weighted by Crippen LogP contribution is 2.16. The van der Waals surface area contributed by atoms with Crippen molar-refractivity contribution in [3.8, 4) is 0 Å². The predicted octanol–water partition coefficient (Wildman–Crippen LogP) is 1.49. The number of likely N-dealkylation sites (N-methyl/N-ethyl adjacent to an activating group) is 1. The van der Waals surface area contributed by atoms with Crippen LogP contribution in [0.1, 0.15) is 32.1 Å². The van der Waals surface area contributed by atoms with Crippen molar-refractivity contribution in [2.24, 2.45) is 0 Å². The fraction of sp³-hybridized carbons (Fsp3) is 1.00. The third kappa shape index (κ3) is 6.88. The maximum Gasteiger partial charge on any atom is 0.0593 e. The van der Waals surface area contributed by atoms with Gasteiger partial charge in [-0.05, 0) is 26.9 Å². The molecule has 1 saturated carbocycles. The second kappa shape index (κ2) is 8.08. The molecule has 0 aromatic rings. The molecule has 1 rings (SSSR count). The van der Waals surface area contributed by atoms with E-state index in [0.717, 1.165) is 32.3 Å². The third-order valence-electron chi connectivity index (χ3n) is 2.97. The molecule has 90 valence electrons. The van der Waals surface area contributed by atoms with Crippen molar-refractivity contribution in [2.45, 2.75) is 38.1 Å². The van der Waals surface area contributed by atoms with E-state index in [1.807, 2.05) is 0 Å². The van der Waals surface area contributed by atoms with Gasteiger partial charge in [0.1, 0.15) is 0 Å². The van der Waals surface area contributed by atoms with Gasteiger partial charge in [-0.3, -0.25) is 0 Å². The van der Waals surface area contributed by atoms with Crippen molar-refractivity contribution >= 4 is 0 Å². The second-order valence-corrected chi connectivity index (χ2v) is 4.70. The normalized spacial score (nSPS) is 18.6. The smallest absolute Gasteiger partial charge is 0.0593 e. The zero-order chi connectivity index (χ0) is 10.9. The average Bonchev–Trinajstić information content (AvgIpc) is 2.24. The first-order valence-corrected chi connectivity index (χ1v) is 6.25. The quantitative estimate of drug-likeness (QED) is 0.650. The third-order valence-corrected chi connectivity index (χ3v) is 2.97. The van der Waals surface area contributed by atoms with Gasteiger partial charge in [0.15, 0.2) is 0 Å². The van der Waals surface area contributed by atoms with Crippen LogP contribution < -0.4 is 5.32 Å².